The SMILES string of the molecule is CC1=C[C@H]2OC3=C(C(=O)CC(C)(C)C3)[C@H]2C1c1ccccc1. The molecule has 114 valence electrons. The van der Waals surface area contributed by atoms with Crippen LogP contribution in [0, 0.1) is 11.3 Å². The van der Waals surface area contributed by atoms with Gasteiger partial charge in [0.05, 0.1) is 0 Å². The van der Waals surface area contributed by atoms with Gasteiger partial charge in [-0.3, -0.25) is 4.79 Å². The molecule has 1 heterocycles. The van der Waals surface area contributed by atoms with E-state index in [4.69, 9.17) is 4.74 Å². The third kappa shape index (κ3) is 1.97. The zero-order chi connectivity index (χ0) is 15.5. The largest absolute Gasteiger partial charge is 0.490 e. The van der Waals surface area contributed by atoms with Crippen molar-refractivity contribution < 1.29 is 9.53 Å². The Kier molecular flexibility index (Phi) is 2.87. The number of ketones is 1. The molecule has 2 heteroatoms. The number of hydrogen-bond acceptors (Lipinski definition) is 2. The van der Waals surface area contributed by atoms with Gasteiger partial charge >= 0.3 is 0 Å². The van der Waals surface area contributed by atoms with Gasteiger partial charge in [0, 0.05) is 30.3 Å². The lowest BCUT2D eigenvalue weighted by molar-refractivity contribution is -0.118. The van der Waals surface area contributed by atoms with Crippen LogP contribution < -0.4 is 0 Å². The van der Waals surface area contributed by atoms with Crippen LogP contribution in [0.25, 0.3) is 0 Å². The maximum absolute atomic E-state index is 12.8. The number of hydrogen-bond donors (Lipinski definition) is 0. The van der Waals surface area contributed by atoms with Gasteiger partial charge in [0.1, 0.15) is 11.9 Å². The van der Waals surface area contributed by atoms with Gasteiger partial charge in [0.15, 0.2) is 5.78 Å². The van der Waals surface area contributed by atoms with Crippen LogP contribution in [0.2, 0.25) is 0 Å². The van der Waals surface area contributed by atoms with E-state index >= 15 is 0 Å². The van der Waals surface area contributed by atoms with Crippen LogP contribution in [-0.2, 0) is 9.53 Å². The van der Waals surface area contributed by atoms with E-state index in [0.717, 1.165) is 17.8 Å². The van der Waals surface area contributed by atoms with Crippen molar-refractivity contribution in [1.29, 1.82) is 0 Å². The van der Waals surface area contributed by atoms with Gasteiger partial charge in [-0.1, -0.05) is 49.8 Å². The van der Waals surface area contributed by atoms with Crippen LogP contribution in [0.4, 0.5) is 0 Å². The average Bonchev–Trinajstić information content (AvgIpc) is 2.91. The first kappa shape index (κ1) is 13.8. The summed E-state index contributed by atoms with van der Waals surface area (Å²) in [6, 6.07) is 10.5. The van der Waals surface area contributed by atoms with E-state index in [1.807, 2.05) is 6.07 Å². The number of Topliss-reactive ketones (excluding diaryl/α,β-unsaturated/α-hetero) is 1. The van der Waals surface area contributed by atoms with Gasteiger partial charge in [0.25, 0.3) is 0 Å². The Hall–Kier alpha value is -1.83. The van der Waals surface area contributed by atoms with E-state index in [0.29, 0.717) is 12.2 Å². The Balaban J connectivity index is 1.77. The molecule has 0 N–H and O–H groups in total. The van der Waals surface area contributed by atoms with Crippen molar-refractivity contribution in [2.45, 2.75) is 45.6 Å². The summed E-state index contributed by atoms with van der Waals surface area (Å²) in [5, 5.41) is 0. The predicted molar refractivity (Wildman–Crippen MR) is 86.4 cm³/mol. The fraction of sp³-hybridized carbons (Fsp3) is 0.450. The van der Waals surface area contributed by atoms with E-state index in [-0.39, 0.29) is 23.4 Å². The molecule has 0 amide bonds. The van der Waals surface area contributed by atoms with Crippen molar-refractivity contribution in [2.24, 2.45) is 11.3 Å². The minimum absolute atomic E-state index is 0.0234. The molecular weight excluding hydrogens is 272 g/mol. The van der Waals surface area contributed by atoms with Gasteiger partial charge < -0.3 is 4.74 Å². The molecule has 0 aromatic heterocycles. The highest BCUT2D eigenvalue weighted by molar-refractivity contribution is 5.98. The minimum atomic E-state index is 0.0234. The molecule has 0 spiro atoms. The van der Waals surface area contributed by atoms with Crippen molar-refractivity contribution in [1.82, 2.24) is 0 Å². The molecule has 1 unspecified atom stereocenters. The van der Waals surface area contributed by atoms with Crippen LogP contribution in [0.15, 0.2) is 53.3 Å². The maximum Gasteiger partial charge on any atom is 0.163 e. The molecule has 4 rings (SSSR count). The quantitative estimate of drug-likeness (QED) is 0.718. The van der Waals surface area contributed by atoms with Crippen molar-refractivity contribution in [3.63, 3.8) is 0 Å². The van der Waals surface area contributed by atoms with E-state index in [1.54, 1.807) is 0 Å². The summed E-state index contributed by atoms with van der Waals surface area (Å²) in [7, 11) is 0. The molecule has 22 heavy (non-hydrogen) atoms. The number of carbonyl (C=O) groups is 1. The molecule has 2 nitrogen and oxygen atoms in total. The number of fused-ring (bicyclic) bond motifs is 2. The summed E-state index contributed by atoms with van der Waals surface area (Å²) in [5.74, 6) is 1.72. The minimum Gasteiger partial charge on any atom is -0.490 e. The van der Waals surface area contributed by atoms with Crippen molar-refractivity contribution in [3.8, 4) is 0 Å². The summed E-state index contributed by atoms with van der Waals surface area (Å²) in [5.41, 5.74) is 3.62. The Morgan fingerprint density at radius 3 is 2.59 bits per heavy atom. The zero-order valence-corrected chi connectivity index (χ0v) is 13.4. The monoisotopic (exact) mass is 294 g/mol. The topological polar surface area (TPSA) is 26.3 Å². The molecular formula is C20H22O2. The molecule has 1 aromatic rings. The van der Waals surface area contributed by atoms with Crippen LogP contribution in [0.1, 0.15) is 45.1 Å². The lowest BCUT2D eigenvalue weighted by atomic mass is 9.71. The molecule has 3 aliphatic rings. The van der Waals surface area contributed by atoms with Crippen LogP contribution in [0.5, 0.6) is 0 Å². The highest BCUT2D eigenvalue weighted by atomic mass is 16.5. The second-order valence-corrected chi connectivity index (χ2v) is 7.69. The van der Waals surface area contributed by atoms with Crippen molar-refractivity contribution in [3.05, 3.63) is 58.9 Å². The molecule has 0 bridgehead atoms. The number of benzene rings is 1. The lowest BCUT2D eigenvalue weighted by Crippen LogP contribution is -2.28. The molecule has 0 fully saturated rings. The summed E-state index contributed by atoms with van der Waals surface area (Å²) < 4.78 is 6.20. The Morgan fingerprint density at radius 1 is 1.14 bits per heavy atom. The zero-order valence-electron chi connectivity index (χ0n) is 13.4. The molecule has 0 radical (unpaired) electrons. The van der Waals surface area contributed by atoms with Gasteiger partial charge in [-0.05, 0) is 24.0 Å². The maximum atomic E-state index is 12.8. The highest BCUT2D eigenvalue weighted by Crippen LogP contribution is 2.54. The first-order valence-corrected chi connectivity index (χ1v) is 8.12. The summed E-state index contributed by atoms with van der Waals surface area (Å²) >= 11 is 0. The van der Waals surface area contributed by atoms with Crippen molar-refractivity contribution in [2.75, 3.05) is 0 Å². The second-order valence-electron chi connectivity index (χ2n) is 7.69. The van der Waals surface area contributed by atoms with Gasteiger partial charge in [-0.2, -0.15) is 0 Å². The first-order chi connectivity index (χ1) is 10.5. The Morgan fingerprint density at radius 2 is 1.86 bits per heavy atom. The lowest BCUT2D eigenvalue weighted by Gasteiger charge is -2.30. The second kappa shape index (κ2) is 4.58. The fourth-order valence-corrected chi connectivity index (χ4v) is 4.43. The van der Waals surface area contributed by atoms with Crippen LogP contribution in [-0.4, -0.2) is 11.9 Å². The molecule has 1 aliphatic heterocycles. The predicted octanol–water partition coefficient (Wildman–Crippen LogP) is 4.39. The molecule has 3 atom stereocenters. The third-order valence-corrected chi connectivity index (χ3v) is 5.28. The van der Waals surface area contributed by atoms with E-state index < -0.39 is 0 Å². The Bertz CT molecular complexity index is 694. The summed E-state index contributed by atoms with van der Waals surface area (Å²) in [6.07, 6.45) is 3.79. The normalized spacial score (nSPS) is 32.4. The summed E-state index contributed by atoms with van der Waals surface area (Å²) in [6.45, 7) is 6.47. The first-order valence-electron chi connectivity index (χ1n) is 8.12. The number of ether oxygens (including phenoxy) is 1. The molecule has 0 saturated heterocycles. The van der Waals surface area contributed by atoms with E-state index in [2.05, 4.69) is 51.1 Å². The van der Waals surface area contributed by atoms with E-state index in [9.17, 15) is 4.79 Å². The smallest absolute Gasteiger partial charge is 0.163 e. The number of carbonyl (C=O) groups excluding carboxylic acids is 1. The Labute approximate surface area is 131 Å². The fourth-order valence-electron chi connectivity index (χ4n) is 4.43. The highest BCUT2D eigenvalue weighted by Gasteiger charge is 2.51. The average molecular weight is 294 g/mol. The van der Waals surface area contributed by atoms with Crippen LogP contribution >= 0.6 is 0 Å². The van der Waals surface area contributed by atoms with Gasteiger partial charge in [-0.15, -0.1) is 0 Å². The standard InChI is InChI=1S/C20H22O2/c1-12-9-15-19(17(12)13-7-5-4-6-8-13)18-14(21)10-20(2,3)11-16(18)22-15/h4-9,15,17,19H,10-11H2,1-3H3/t15-,17?,19-/m1/s1. The van der Waals surface area contributed by atoms with Gasteiger partial charge in [-0.25, -0.2) is 0 Å². The summed E-state index contributed by atoms with van der Waals surface area (Å²) in [4.78, 5) is 12.8. The number of rotatable bonds is 1. The molecule has 0 saturated carbocycles. The molecule has 1 aromatic carbocycles. The molecule has 2 aliphatic carbocycles. The van der Waals surface area contributed by atoms with Crippen LogP contribution in [0.3, 0.4) is 0 Å². The van der Waals surface area contributed by atoms with E-state index in [1.165, 1.54) is 11.1 Å². The third-order valence-electron chi connectivity index (χ3n) is 5.28. The van der Waals surface area contributed by atoms with Crippen molar-refractivity contribution >= 4 is 5.78 Å². The number of allylic oxidation sites excluding steroid dienone is 2. The van der Waals surface area contributed by atoms with Gasteiger partial charge in [0.2, 0.25) is 0 Å².